The Morgan fingerprint density at radius 3 is 2.69 bits per heavy atom. The molecule has 0 aromatic heterocycles. The molecule has 0 saturated heterocycles. The van der Waals surface area contributed by atoms with Crippen LogP contribution in [-0.2, 0) is 0 Å². The van der Waals surface area contributed by atoms with Gasteiger partial charge in [-0.15, -0.1) is 0 Å². The third-order valence-corrected chi connectivity index (χ3v) is 5.47. The fraction of sp³-hybridized carbons (Fsp3) is 1.00. The van der Waals surface area contributed by atoms with Crippen LogP contribution < -0.4 is 0 Å². The Balaban J connectivity index is 1.69. The number of hydrogen-bond acceptors (Lipinski definition) is 0. The molecule has 3 saturated carbocycles. The largest absolute Gasteiger partial charge is 0.0648 e. The molecule has 0 nitrogen and oxygen atoms in total. The summed E-state index contributed by atoms with van der Waals surface area (Å²) >= 11 is 0. The van der Waals surface area contributed by atoms with Crippen molar-refractivity contribution in [2.75, 3.05) is 0 Å². The first-order chi connectivity index (χ1) is 6.34. The summed E-state index contributed by atoms with van der Waals surface area (Å²) in [5.41, 5.74) is 0.862. The predicted molar refractivity (Wildman–Crippen MR) is 55.5 cm³/mol. The van der Waals surface area contributed by atoms with Gasteiger partial charge in [0.05, 0.1) is 0 Å². The first kappa shape index (κ1) is 8.32. The van der Waals surface area contributed by atoms with Crippen molar-refractivity contribution in [1.29, 1.82) is 0 Å². The lowest BCUT2D eigenvalue weighted by Gasteiger charge is -2.39. The second-order valence-corrected chi connectivity index (χ2v) is 5.84. The standard InChI is InChI=1S/C13H22/c1-2-13-7-3-4-10-5-6-11(10)8-12(13)9-13/h10-12H,2-9H2,1H3. The van der Waals surface area contributed by atoms with Crippen molar-refractivity contribution < 1.29 is 0 Å². The van der Waals surface area contributed by atoms with Gasteiger partial charge in [-0.1, -0.05) is 26.2 Å². The Kier molecular flexibility index (Phi) is 1.76. The Morgan fingerprint density at radius 1 is 1.15 bits per heavy atom. The summed E-state index contributed by atoms with van der Waals surface area (Å²) in [5, 5.41) is 0. The summed E-state index contributed by atoms with van der Waals surface area (Å²) < 4.78 is 0. The van der Waals surface area contributed by atoms with Gasteiger partial charge in [0.1, 0.15) is 0 Å². The predicted octanol–water partition coefficient (Wildman–Crippen LogP) is 4.00. The third-order valence-electron chi connectivity index (χ3n) is 5.47. The molecule has 3 aliphatic carbocycles. The zero-order chi connectivity index (χ0) is 8.89. The Morgan fingerprint density at radius 2 is 2.00 bits per heavy atom. The van der Waals surface area contributed by atoms with Crippen LogP contribution in [0.3, 0.4) is 0 Å². The van der Waals surface area contributed by atoms with E-state index in [4.69, 9.17) is 0 Å². The zero-order valence-corrected chi connectivity index (χ0v) is 8.89. The molecule has 0 radical (unpaired) electrons. The van der Waals surface area contributed by atoms with Crippen LogP contribution in [0.5, 0.6) is 0 Å². The molecule has 74 valence electrons. The molecule has 3 aliphatic rings. The molecule has 3 rings (SSSR count). The summed E-state index contributed by atoms with van der Waals surface area (Å²) in [7, 11) is 0. The Hall–Kier alpha value is 0. The fourth-order valence-electron chi connectivity index (χ4n) is 4.09. The highest BCUT2D eigenvalue weighted by Crippen LogP contribution is 2.64. The van der Waals surface area contributed by atoms with Gasteiger partial charge in [-0.3, -0.25) is 0 Å². The van der Waals surface area contributed by atoms with Crippen molar-refractivity contribution in [1.82, 2.24) is 0 Å². The fourth-order valence-corrected chi connectivity index (χ4v) is 4.09. The maximum atomic E-state index is 2.42. The Labute approximate surface area is 82.1 Å². The lowest BCUT2D eigenvalue weighted by Crippen LogP contribution is -2.28. The lowest BCUT2D eigenvalue weighted by atomic mass is 9.66. The second kappa shape index (κ2) is 2.74. The van der Waals surface area contributed by atoms with Crippen molar-refractivity contribution in [3.8, 4) is 0 Å². The molecule has 13 heavy (non-hydrogen) atoms. The minimum absolute atomic E-state index is 0.862. The normalized spacial score (nSPS) is 53.8. The van der Waals surface area contributed by atoms with E-state index in [-0.39, 0.29) is 0 Å². The van der Waals surface area contributed by atoms with Gasteiger partial charge in [0.15, 0.2) is 0 Å². The van der Waals surface area contributed by atoms with E-state index in [0.717, 1.165) is 17.3 Å². The van der Waals surface area contributed by atoms with Crippen LogP contribution in [-0.4, -0.2) is 0 Å². The van der Waals surface area contributed by atoms with E-state index in [2.05, 4.69) is 6.92 Å². The smallest absolute Gasteiger partial charge is 0.0269 e. The number of hydrogen-bond donors (Lipinski definition) is 0. The van der Waals surface area contributed by atoms with Crippen LogP contribution in [0.2, 0.25) is 0 Å². The first-order valence-electron chi connectivity index (χ1n) is 6.34. The molecule has 0 aromatic carbocycles. The molecule has 4 atom stereocenters. The van der Waals surface area contributed by atoms with E-state index < -0.39 is 0 Å². The maximum Gasteiger partial charge on any atom is -0.0269 e. The van der Waals surface area contributed by atoms with Crippen LogP contribution >= 0.6 is 0 Å². The number of rotatable bonds is 1. The van der Waals surface area contributed by atoms with E-state index in [0.29, 0.717) is 0 Å². The summed E-state index contributed by atoms with van der Waals surface area (Å²) in [6, 6.07) is 0. The van der Waals surface area contributed by atoms with Gasteiger partial charge >= 0.3 is 0 Å². The van der Waals surface area contributed by atoms with Crippen molar-refractivity contribution in [3.63, 3.8) is 0 Å². The average molecular weight is 178 g/mol. The van der Waals surface area contributed by atoms with Crippen LogP contribution in [0.4, 0.5) is 0 Å². The van der Waals surface area contributed by atoms with E-state index in [1.807, 2.05) is 0 Å². The lowest BCUT2D eigenvalue weighted by molar-refractivity contribution is 0.117. The number of fused-ring (bicyclic) bond motifs is 2. The van der Waals surface area contributed by atoms with Gasteiger partial charge < -0.3 is 0 Å². The molecule has 0 N–H and O–H groups in total. The monoisotopic (exact) mass is 178 g/mol. The van der Waals surface area contributed by atoms with Gasteiger partial charge in [0.2, 0.25) is 0 Å². The SMILES string of the molecule is CCC12CCCC3CCC3CC1C2. The third kappa shape index (κ3) is 1.17. The van der Waals surface area contributed by atoms with Crippen molar-refractivity contribution in [2.24, 2.45) is 23.2 Å². The minimum Gasteiger partial charge on any atom is -0.0648 e. The summed E-state index contributed by atoms with van der Waals surface area (Å²) in [5.74, 6) is 3.49. The van der Waals surface area contributed by atoms with Crippen LogP contribution in [0.15, 0.2) is 0 Å². The molecule has 0 amide bonds. The van der Waals surface area contributed by atoms with Crippen molar-refractivity contribution >= 4 is 0 Å². The molecular formula is C13H22. The molecular weight excluding hydrogens is 156 g/mol. The summed E-state index contributed by atoms with van der Waals surface area (Å²) in [6.07, 6.45) is 12.5. The minimum atomic E-state index is 0.862. The van der Waals surface area contributed by atoms with Crippen LogP contribution in [0.25, 0.3) is 0 Å². The molecule has 0 aliphatic heterocycles. The average Bonchev–Trinajstić information content (AvgIpc) is 2.79. The van der Waals surface area contributed by atoms with E-state index in [9.17, 15) is 0 Å². The quantitative estimate of drug-likeness (QED) is 0.569. The highest BCUT2D eigenvalue weighted by atomic mass is 14.6. The van der Waals surface area contributed by atoms with Crippen molar-refractivity contribution in [3.05, 3.63) is 0 Å². The summed E-state index contributed by atoms with van der Waals surface area (Å²) in [6.45, 7) is 2.42. The zero-order valence-electron chi connectivity index (χ0n) is 8.89. The Bertz CT molecular complexity index is 208. The molecule has 0 heteroatoms. The molecule has 0 bridgehead atoms. The molecule has 0 aromatic rings. The van der Waals surface area contributed by atoms with Gasteiger partial charge in [0, 0.05) is 0 Å². The van der Waals surface area contributed by atoms with Crippen molar-refractivity contribution in [2.45, 2.75) is 58.3 Å². The van der Waals surface area contributed by atoms with Gasteiger partial charge in [-0.25, -0.2) is 0 Å². The molecule has 3 fully saturated rings. The van der Waals surface area contributed by atoms with Crippen LogP contribution in [0, 0.1) is 23.2 Å². The van der Waals surface area contributed by atoms with Gasteiger partial charge in [-0.2, -0.15) is 0 Å². The molecule has 4 unspecified atom stereocenters. The van der Waals surface area contributed by atoms with E-state index in [1.165, 1.54) is 12.3 Å². The van der Waals surface area contributed by atoms with Crippen LogP contribution in [0.1, 0.15) is 58.3 Å². The van der Waals surface area contributed by atoms with Gasteiger partial charge in [0.25, 0.3) is 0 Å². The molecule has 0 heterocycles. The summed E-state index contributed by atoms with van der Waals surface area (Å²) in [4.78, 5) is 0. The highest BCUT2D eigenvalue weighted by molar-refractivity contribution is 5.04. The maximum absolute atomic E-state index is 2.42. The molecule has 0 spiro atoms. The topological polar surface area (TPSA) is 0 Å². The van der Waals surface area contributed by atoms with E-state index >= 15 is 0 Å². The van der Waals surface area contributed by atoms with Gasteiger partial charge in [-0.05, 0) is 55.3 Å². The van der Waals surface area contributed by atoms with E-state index in [1.54, 1.807) is 44.9 Å². The highest BCUT2D eigenvalue weighted by Gasteiger charge is 2.54. The first-order valence-corrected chi connectivity index (χ1v) is 6.34. The second-order valence-electron chi connectivity index (χ2n) is 5.84.